The van der Waals surface area contributed by atoms with Gasteiger partial charge < -0.3 is 15.4 Å². The van der Waals surface area contributed by atoms with Crippen molar-refractivity contribution < 1.29 is 9.53 Å². The lowest BCUT2D eigenvalue weighted by molar-refractivity contribution is -0.131. The minimum atomic E-state index is -0.134. The first kappa shape index (κ1) is 17.5. The highest BCUT2D eigenvalue weighted by molar-refractivity contribution is 5.76. The summed E-state index contributed by atoms with van der Waals surface area (Å²) < 4.78 is 5.65. The molecule has 0 saturated heterocycles. The number of amides is 1. The first-order valence-corrected chi connectivity index (χ1v) is 7.39. The summed E-state index contributed by atoms with van der Waals surface area (Å²) in [6, 6.07) is 7.75. The predicted octanol–water partition coefficient (Wildman–Crippen LogP) is 2.60. The zero-order valence-corrected chi connectivity index (χ0v) is 13.8. The van der Waals surface area contributed by atoms with E-state index >= 15 is 0 Å². The Morgan fingerprint density at radius 1 is 1.38 bits per heavy atom. The van der Waals surface area contributed by atoms with Crippen LogP contribution in [0.4, 0.5) is 0 Å². The van der Waals surface area contributed by atoms with Crippen LogP contribution in [0.2, 0.25) is 0 Å². The van der Waals surface area contributed by atoms with E-state index in [-0.39, 0.29) is 17.4 Å². The number of rotatable bonds is 6. The van der Waals surface area contributed by atoms with Gasteiger partial charge in [-0.15, -0.1) is 0 Å². The van der Waals surface area contributed by atoms with Crippen LogP contribution in [-0.4, -0.2) is 37.0 Å². The zero-order valence-electron chi connectivity index (χ0n) is 13.8. The molecule has 0 aromatic heterocycles. The van der Waals surface area contributed by atoms with E-state index in [1.54, 1.807) is 11.9 Å². The van der Waals surface area contributed by atoms with Gasteiger partial charge in [-0.05, 0) is 30.0 Å². The lowest BCUT2D eigenvalue weighted by atomic mass is 9.85. The average Bonchev–Trinajstić information content (AvgIpc) is 2.37. The van der Waals surface area contributed by atoms with Crippen molar-refractivity contribution in [3.05, 3.63) is 29.8 Å². The zero-order chi connectivity index (χ0) is 16.0. The number of benzene rings is 1. The first-order valence-electron chi connectivity index (χ1n) is 7.39. The molecule has 1 aromatic carbocycles. The Balaban J connectivity index is 2.36. The number of carbonyl (C=O) groups is 1. The Hall–Kier alpha value is -1.55. The predicted molar refractivity (Wildman–Crippen MR) is 86.4 cm³/mol. The van der Waals surface area contributed by atoms with Crippen molar-refractivity contribution in [2.24, 2.45) is 11.1 Å². The van der Waals surface area contributed by atoms with Crippen molar-refractivity contribution in [2.75, 3.05) is 20.2 Å². The smallest absolute Gasteiger partial charge is 0.224 e. The minimum absolute atomic E-state index is 0.0604. The van der Waals surface area contributed by atoms with Crippen LogP contribution < -0.4 is 10.5 Å². The van der Waals surface area contributed by atoms with E-state index in [2.05, 4.69) is 0 Å². The maximum absolute atomic E-state index is 12.1. The molecule has 1 amide bonds. The Labute approximate surface area is 128 Å². The molecule has 0 spiro atoms. The molecule has 1 aromatic rings. The monoisotopic (exact) mass is 292 g/mol. The molecule has 0 bridgehead atoms. The van der Waals surface area contributed by atoms with Gasteiger partial charge in [-0.25, -0.2) is 0 Å². The van der Waals surface area contributed by atoms with Gasteiger partial charge in [0.05, 0.1) is 6.54 Å². The molecule has 0 aliphatic heterocycles. The summed E-state index contributed by atoms with van der Waals surface area (Å²) in [7, 11) is 1.79. The number of hydrogen-bond acceptors (Lipinski definition) is 3. The van der Waals surface area contributed by atoms with Crippen molar-refractivity contribution >= 4 is 5.91 Å². The summed E-state index contributed by atoms with van der Waals surface area (Å²) in [5.41, 5.74) is 7.15. The second-order valence-electron chi connectivity index (χ2n) is 6.66. The van der Waals surface area contributed by atoms with Crippen LogP contribution in [0.1, 0.15) is 32.8 Å². The van der Waals surface area contributed by atoms with E-state index < -0.39 is 0 Å². The molecule has 2 N–H and O–H groups in total. The molecule has 118 valence electrons. The maximum Gasteiger partial charge on any atom is 0.224 e. The van der Waals surface area contributed by atoms with Crippen LogP contribution in [-0.2, 0) is 4.79 Å². The van der Waals surface area contributed by atoms with Crippen LogP contribution in [0.3, 0.4) is 0 Å². The quantitative estimate of drug-likeness (QED) is 0.877. The second-order valence-corrected chi connectivity index (χ2v) is 6.66. The Morgan fingerprint density at radius 3 is 2.62 bits per heavy atom. The molecule has 0 heterocycles. The molecule has 0 radical (unpaired) electrons. The highest BCUT2D eigenvalue weighted by atomic mass is 16.5. The van der Waals surface area contributed by atoms with Gasteiger partial charge in [-0.1, -0.05) is 32.9 Å². The first-order chi connectivity index (χ1) is 9.70. The molecule has 1 rings (SSSR count). The lowest BCUT2D eigenvalue weighted by Crippen LogP contribution is -2.41. The fraction of sp³-hybridized carbons (Fsp3) is 0.588. The van der Waals surface area contributed by atoms with Crippen molar-refractivity contribution in [1.29, 1.82) is 0 Å². The Bertz CT molecular complexity index is 466. The number of hydrogen-bond donors (Lipinski definition) is 1. The molecule has 4 heteroatoms. The topological polar surface area (TPSA) is 55.6 Å². The van der Waals surface area contributed by atoms with Crippen LogP contribution >= 0.6 is 0 Å². The van der Waals surface area contributed by atoms with Gasteiger partial charge in [0, 0.05) is 19.5 Å². The molecule has 21 heavy (non-hydrogen) atoms. The maximum atomic E-state index is 12.1. The highest BCUT2D eigenvalue weighted by Crippen LogP contribution is 2.20. The summed E-state index contributed by atoms with van der Waals surface area (Å²) >= 11 is 0. The largest absolute Gasteiger partial charge is 0.492 e. The SMILES string of the molecule is Cc1cccc(OCCN(C)C(=O)CC(N)C(C)(C)C)c1. The van der Waals surface area contributed by atoms with E-state index in [1.165, 1.54) is 0 Å². The summed E-state index contributed by atoms with van der Waals surface area (Å²) in [5, 5.41) is 0. The van der Waals surface area contributed by atoms with E-state index in [1.807, 2.05) is 52.0 Å². The third-order valence-corrected chi connectivity index (χ3v) is 3.62. The fourth-order valence-corrected chi connectivity index (χ4v) is 1.78. The Morgan fingerprint density at radius 2 is 2.05 bits per heavy atom. The van der Waals surface area contributed by atoms with Gasteiger partial charge >= 0.3 is 0 Å². The van der Waals surface area contributed by atoms with E-state index in [0.717, 1.165) is 11.3 Å². The number of likely N-dealkylation sites (N-methyl/N-ethyl adjacent to an activating group) is 1. The summed E-state index contributed by atoms with van der Waals surface area (Å²) in [5.74, 6) is 0.896. The molecule has 1 atom stereocenters. The summed E-state index contributed by atoms with van der Waals surface area (Å²) in [6.07, 6.45) is 0.366. The van der Waals surface area contributed by atoms with Crippen molar-refractivity contribution in [3.63, 3.8) is 0 Å². The number of aryl methyl sites for hydroxylation is 1. The van der Waals surface area contributed by atoms with E-state index in [9.17, 15) is 4.79 Å². The summed E-state index contributed by atoms with van der Waals surface area (Å²) in [6.45, 7) is 9.21. The Kier molecular flexibility index (Phi) is 6.21. The van der Waals surface area contributed by atoms with Gasteiger partial charge in [0.1, 0.15) is 12.4 Å². The number of nitrogens with two attached hydrogens (primary N) is 1. The van der Waals surface area contributed by atoms with Crippen LogP contribution in [0.15, 0.2) is 24.3 Å². The molecular formula is C17H28N2O2. The van der Waals surface area contributed by atoms with Crippen molar-refractivity contribution in [3.8, 4) is 5.75 Å². The molecule has 1 unspecified atom stereocenters. The van der Waals surface area contributed by atoms with Gasteiger partial charge in [0.2, 0.25) is 5.91 Å². The molecule has 0 fully saturated rings. The van der Waals surface area contributed by atoms with Crippen LogP contribution in [0.25, 0.3) is 0 Å². The molecule has 0 aliphatic carbocycles. The van der Waals surface area contributed by atoms with Crippen LogP contribution in [0.5, 0.6) is 5.75 Å². The van der Waals surface area contributed by atoms with Crippen molar-refractivity contribution in [1.82, 2.24) is 4.90 Å². The summed E-state index contributed by atoms with van der Waals surface area (Å²) in [4.78, 5) is 13.8. The van der Waals surface area contributed by atoms with Gasteiger partial charge in [0.25, 0.3) is 0 Å². The molecular weight excluding hydrogens is 264 g/mol. The van der Waals surface area contributed by atoms with Gasteiger partial charge in [-0.3, -0.25) is 4.79 Å². The van der Waals surface area contributed by atoms with Gasteiger partial charge in [0.15, 0.2) is 0 Å². The number of nitrogens with zero attached hydrogens (tertiary/aromatic N) is 1. The number of ether oxygens (including phenoxy) is 1. The van der Waals surface area contributed by atoms with Crippen LogP contribution in [0, 0.1) is 12.3 Å². The third-order valence-electron chi connectivity index (χ3n) is 3.62. The average molecular weight is 292 g/mol. The fourth-order valence-electron chi connectivity index (χ4n) is 1.78. The minimum Gasteiger partial charge on any atom is -0.492 e. The van der Waals surface area contributed by atoms with Crippen molar-refractivity contribution in [2.45, 2.75) is 40.2 Å². The third kappa shape index (κ3) is 6.17. The molecule has 0 saturated carbocycles. The normalized spacial score (nSPS) is 12.9. The molecule has 4 nitrogen and oxygen atoms in total. The number of carbonyl (C=O) groups excluding carboxylic acids is 1. The van der Waals surface area contributed by atoms with E-state index in [4.69, 9.17) is 10.5 Å². The lowest BCUT2D eigenvalue weighted by Gasteiger charge is -2.28. The highest BCUT2D eigenvalue weighted by Gasteiger charge is 2.24. The molecule has 0 aliphatic rings. The second kappa shape index (κ2) is 7.46. The van der Waals surface area contributed by atoms with E-state index in [0.29, 0.717) is 19.6 Å². The van der Waals surface area contributed by atoms with Gasteiger partial charge in [-0.2, -0.15) is 0 Å². The standard InChI is InChI=1S/C17H28N2O2/c1-13-7-6-8-14(11-13)21-10-9-19(5)16(20)12-15(18)17(2,3)4/h6-8,11,15H,9-10,12,18H2,1-5H3.